The molecule has 2 heterocycles. The molecule has 3 nitrogen and oxygen atoms in total. The molecule has 94 valence electrons. The molecule has 0 aromatic carbocycles. The maximum absolute atomic E-state index is 5.68. The molecule has 17 heavy (non-hydrogen) atoms. The maximum atomic E-state index is 5.68. The van der Waals surface area contributed by atoms with E-state index in [4.69, 9.17) is 10.7 Å². The highest BCUT2D eigenvalue weighted by atomic mass is 15.2. The fraction of sp³-hybridized carbons (Fsp3) is 0.643. The van der Waals surface area contributed by atoms with Crippen LogP contribution < -0.4 is 10.6 Å². The van der Waals surface area contributed by atoms with Crippen LogP contribution in [0, 0.1) is 6.92 Å². The highest BCUT2D eigenvalue weighted by Gasteiger charge is 2.22. The Bertz CT molecular complexity index is 376. The summed E-state index contributed by atoms with van der Waals surface area (Å²) < 4.78 is 0. The Morgan fingerprint density at radius 2 is 2.24 bits per heavy atom. The number of aryl methyl sites for hydroxylation is 1. The minimum Gasteiger partial charge on any atom is -0.354 e. The first-order chi connectivity index (χ1) is 8.26. The highest BCUT2D eigenvalue weighted by molar-refractivity contribution is 5.43. The summed E-state index contributed by atoms with van der Waals surface area (Å²) in [7, 11) is 0. The normalized spacial score (nSPS) is 20.6. The van der Waals surface area contributed by atoms with Gasteiger partial charge in [0, 0.05) is 24.8 Å². The van der Waals surface area contributed by atoms with Gasteiger partial charge in [-0.25, -0.2) is 4.98 Å². The summed E-state index contributed by atoms with van der Waals surface area (Å²) in [5.74, 6) is 1.13. The molecule has 1 saturated heterocycles. The van der Waals surface area contributed by atoms with Crippen molar-refractivity contribution in [2.75, 3.05) is 11.4 Å². The van der Waals surface area contributed by atoms with E-state index in [1.54, 1.807) is 0 Å². The SMILES string of the molecule is CCC1CCCCN1c1ccc(CN)c(C)n1. The third kappa shape index (κ3) is 2.60. The molecule has 2 rings (SSSR count). The third-order valence-corrected chi connectivity index (χ3v) is 3.79. The lowest BCUT2D eigenvalue weighted by molar-refractivity contribution is 0.446. The van der Waals surface area contributed by atoms with Gasteiger partial charge in [0.05, 0.1) is 0 Å². The summed E-state index contributed by atoms with van der Waals surface area (Å²) in [5, 5.41) is 0. The van der Waals surface area contributed by atoms with E-state index in [2.05, 4.69) is 30.9 Å². The molecule has 3 heteroatoms. The molecule has 1 atom stereocenters. The third-order valence-electron chi connectivity index (χ3n) is 3.79. The summed E-state index contributed by atoms with van der Waals surface area (Å²) in [6.07, 6.45) is 5.15. The van der Waals surface area contributed by atoms with Gasteiger partial charge in [-0.3, -0.25) is 0 Å². The number of nitrogens with two attached hydrogens (primary N) is 1. The van der Waals surface area contributed by atoms with E-state index >= 15 is 0 Å². The quantitative estimate of drug-likeness (QED) is 0.872. The van der Waals surface area contributed by atoms with Crippen molar-refractivity contribution in [1.82, 2.24) is 4.98 Å². The first-order valence-electron chi connectivity index (χ1n) is 6.69. The van der Waals surface area contributed by atoms with Crippen molar-refractivity contribution in [2.24, 2.45) is 5.73 Å². The number of pyridine rings is 1. The summed E-state index contributed by atoms with van der Waals surface area (Å²) in [4.78, 5) is 7.18. The Hall–Kier alpha value is -1.09. The van der Waals surface area contributed by atoms with Crippen LogP contribution in [0.2, 0.25) is 0 Å². The lowest BCUT2D eigenvalue weighted by Gasteiger charge is -2.36. The van der Waals surface area contributed by atoms with Crippen molar-refractivity contribution in [3.63, 3.8) is 0 Å². The molecule has 0 spiro atoms. The first-order valence-corrected chi connectivity index (χ1v) is 6.69. The van der Waals surface area contributed by atoms with Crippen molar-refractivity contribution in [3.05, 3.63) is 23.4 Å². The van der Waals surface area contributed by atoms with Crippen LogP contribution in [0.4, 0.5) is 5.82 Å². The molecule has 1 aromatic rings. The van der Waals surface area contributed by atoms with Gasteiger partial charge in [0.1, 0.15) is 5.82 Å². The molecule has 1 aromatic heterocycles. The molecule has 0 amide bonds. The molecule has 0 aliphatic carbocycles. The smallest absolute Gasteiger partial charge is 0.129 e. The predicted octanol–water partition coefficient (Wildman–Crippen LogP) is 2.62. The van der Waals surface area contributed by atoms with E-state index in [1.807, 2.05) is 0 Å². The van der Waals surface area contributed by atoms with Crippen LogP contribution in [0.15, 0.2) is 12.1 Å². The van der Waals surface area contributed by atoms with Crippen LogP contribution in [0.25, 0.3) is 0 Å². The molecule has 0 saturated carbocycles. The number of nitrogens with zero attached hydrogens (tertiary/aromatic N) is 2. The molecule has 0 radical (unpaired) electrons. The molecule has 1 aliphatic rings. The van der Waals surface area contributed by atoms with Crippen LogP contribution >= 0.6 is 0 Å². The van der Waals surface area contributed by atoms with Crippen molar-refractivity contribution in [1.29, 1.82) is 0 Å². The maximum Gasteiger partial charge on any atom is 0.129 e. The van der Waals surface area contributed by atoms with Gasteiger partial charge in [-0.15, -0.1) is 0 Å². The Morgan fingerprint density at radius 3 is 2.88 bits per heavy atom. The van der Waals surface area contributed by atoms with Crippen LogP contribution in [0.3, 0.4) is 0 Å². The molecule has 1 unspecified atom stereocenters. The van der Waals surface area contributed by atoms with Gasteiger partial charge in [-0.05, 0) is 44.2 Å². The van der Waals surface area contributed by atoms with Gasteiger partial charge in [-0.2, -0.15) is 0 Å². The number of aromatic nitrogens is 1. The van der Waals surface area contributed by atoms with E-state index in [0.29, 0.717) is 12.6 Å². The van der Waals surface area contributed by atoms with E-state index in [1.165, 1.54) is 25.7 Å². The predicted molar refractivity (Wildman–Crippen MR) is 72.1 cm³/mol. The molecule has 2 N–H and O–H groups in total. The van der Waals surface area contributed by atoms with E-state index in [9.17, 15) is 0 Å². The second-order valence-corrected chi connectivity index (χ2v) is 4.87. The van der Waals surface area contributed by atoms with Gasteiger partial charge in [0.15, 0.2) is 0 Å². The van der Waals surface area contributed by atoms with E-state index in [0.717, 1.165) is 23.6 Å². The average molecular weight is 233 g/mol. The molecule has 1 fully saturated rings. The number of anilines is 1. The zero-order valence-electron chi connectivity index (χ0n) is 10.9. The minimum atomic E-state index is 0.580. The fourth-order valence-electron chi connectivity index (χ4n) is 2.68. The van der Waals surface area contributed by atoms with Crippen LogP contribution in [0.5, 0.6) is 0 Å². The van der Waals surface area contributed by atoms with E-state index in [-0.39, 0.29) is 0 Å². The zero-order valence-corrected chi connectivity index (χ0v) is 10.9. The molecular weight excluding hydrogens is 210 g/mol. The summed E-state index contributed by atoms with van der Waals surface area (Å²) in [5.41, 5.74) is 7.91. The Balaban J connectivity index is 2.23. The van der Waals surface area contributed by atoms with Crippen LogP contribution in [-0.2, 0) is 6.54 Å². The standard InChI is InChI=1S/C14H23N3/c1-3-13-6-4-5-9-17(13)14-8-7-12(10-15)11(2)16-14/h7-8,13H,3-6,9-10,15H2,1-2H3. The summed E-state index contributed by atoms with van der Waals surface area (Å²) in [6, 6.07) is 4.92. The number of hydrogen-bond acceptors (Lipinski definition) is 3. The Morgan fingerprint density at radius 1 is 1.41 bits per heavy atom. The Labute approximate surface area is 104 Å². The summed E-state index contributed by atoms with van der Waals surface area (Å²) in [6.45, 7) is 6.05. The number of hydrogen-bond donors (Lipinski definition) is 1. The number of rotatable bonds is 3. The van der Waals surface area contributed by atoms with Gasteiger partial charge < -0.3 is 10.6 Å². The lowest BCUT2D eigenvalue weighted by Crippen LogP contribution is -2.39. The van der Waals surface area contributed by atoms with Crippen molar-refractivity contribution >= 4 is 5.82 Å². The highest BCUT2D eigenvalue weighted by Crippen LogP contribution is 2.25. The van der Waals surface area contributed by atoms with Gasteiger partial charge in [0.25, 0.3) is 0 Å². The first kappa shape index (κ1) is 12.4. The monoisotopic (exact) mass is 233 g/mol. The largest absolute Gasteiger partial charge is 0.354 e. The molecule has 1 aliphatic heterocycles. The molecular formula is C14H23N3. The van der Waals surface area contributed by atoms with Gasteiger partial charge in [-0.1, -0.05) is 13.0 Å². The minimum absolute atomic E-state index is 0.580. The Kier molecular flexibility index (Phi) is 4.00. The number of piperidine rings is 1. The second kappa shape index (κ2) is 5.50. The zero-order chi connectivity index (χ0) is 12.3. The summed E-state index contributed by atoms with van der Waals surface area (Å²) >= 11 is 0. The van der Waals surface area contributed by atoms with Gasteiger partial charge in [0.2, 0.25) is 0 Å². The van der Waals surface area contributed by atoms with Crippen molar-refractivity contribution in [3.8, 4) is 0 Å². The second-order valence-electron chi connectivity index (χ2n) is 4.87. The average Bonchev–Trinajstić information content (AvgIpc) is 2.38. The van der Waals surface area contributed by atoms with Crippen LogP contribution in [0.1, 0.15) is 43.9 Å². The van der Waals surface area contributed by atoms with E-state index < -0.39 is 0 Å². The van der Waals surface area contributed by atoms with Gasteiger partial charge >= 0.3 is 0 Å². The van der Waals surface area contributed by atoms with Crippen molar-refractivity contribution in [2.45, 2.75) is 52.1 Å². The topological polar surface area (TPSA) is 42.1 Å². The fourth-order valence-corrected chi connectivity index (χ4v) is 2.68. The van der Waals surface area contributed by atoms with Crippen molar-refractivity contribution < 1.29 is 0 Å². The lowest BCUT2D eigenvalue weighted by atomic mass is 10.00. The van der Waals surface area contributed by atoms with Crippen LogP contribution in [-0.4, -0.2) is 17.6 Å². The molecule has 0 bridgehead atoms.